The van der Waals surface area contributed by atoms with Gasteiger partial charge in [-0.3, -0.25) is 9.59 Å². The highest BCUT2D eigenvalue weighted by molar-refractivity contribution is 5.98. The number of hydrogen-bond acceptors (Lipinski definition) is 4. The van der Waals surface area contributed by atoms with Crippen LogP contribution < -0.4 is 20.1 Å². The van der Waals surface area contributed by atoms with Crippen LogP contribution in [-0.2, 0) is 4.79 Å². The van der Waals surface area contributed by atoms with Crippen molar-refractivity contribution < 1.29 is 19.1 Å². The molecule has 2 N–H and O–H groups in total. The molecule has 1 heterocycles. The van der Waals surface area contributed by atoms with Gasteiger partial charge in [0.1, 0.15) is 6.04 Å². The lowest BCUT2D eigenvalue weighted by Crippen LogP contribution is -2.45. The Balaban J connectivity index is 2.10. The van der Waals surface area contributed by atoms with Crippen LogP contribution in [0.5, 0.6) is 11.5 Å². The van der Waals surface area contributed by atoms with Gasteiger partial charge in [-0.25, -0.2) is 0 Å². The zero-order valence-corrected chi connectivity index (χ0v) is 12.3. The van der Waals surface area contributed by atoms with Crippen molar-refractivity contribution in [2.24, 2.45) is 0 Å². The lowest BCUT2D eigenvalue weighted by atomic mass is 10.1. The second kappa shape index (κ2) is 6.97. The number of ether oxygens (including phenoxy) is 2. The first-order valence-electron chi connectivity index (χ1n) is 6.96. The smallest absolute Gasteiger partial charge is 0.252 e. The molecule has 1 aromatic rings. The highest BCUT2D eigenvalue weighted by Gasteiger charge is 2.23. The van der Waals surface area contributed by atoms with E-state index in [9.17, 15) is 9.59 Å². The quantitative estimate of drug-likeness (QED) is 0.871. The number of benzene rings is 1. The third kappa shape index (κ3) is 3.65. The molecule has 0 aromatic heterocycles. The van der Waals surface area contributed by atoms with E-state index in [1.54, 1.807) is 18.2 Å². The van der Waals surface area contributed by atoms with Crippen molar-refractivity contribution in [2.75, 3.05) is 20.8 Å². The number of carbonyl (C=O) groups excluding carboxylic acids is 2. The summed E-state index contributed by atoms with van der Waals surface area (Å²) >= 11 is 0. The molecule has 1 fully saturated rings. The summed E-state index contributed by atoms with van der Waals surface area (Å²) in [6, 6.07) is 4.43. The van der Waals surface area contributed by atoms with Crippen LogP contribution in [0.3, 0.4) is 0 Å². The van der Waals surface area contributed by atoms with E-state index in [1.165, 1.54) is 14.2 Å². The number of nitrogens with one attached hydrogen (secondary N) is 2. The monoisotopic (exact) mass is 292 g/mol. The van der Waals surface area contributed by atoms with Crippen LogP contribution >= 0.6 is 0 Å². The number of rotatable bonds is 4. The second-order valence-corrected chi connectivity index (χ2v) is 4.88. The van der Waals surface area contributed by atoms with Crippen molar-refractivity contribution in [3.05, 3.63) is 23.8 Å². The van der Waals surface area contributed by atoms with Crippen LogP contribution in [0.15, 0.2) is 18.2 Å². The van der Waals surface area contributed by atoms with Crippen LogP contribution in [0.2, 0.25) is 0 Å². The number of carbonyl (C=O) groups is 2. The minimum absolute atomic E-state index is 0.124. The zero-order chi connectivity index (χ0) is 15.2. The first-order chi connectivity index (χ1) is 10.2. The van der Waals surface area contributed by atoms with Gasteiger partial charge in [0, 0.05) is 12.1 Å². The van der Waals surface area contributed by atoms with Gasteiger partial charge in [-0.15, -0.1) is 0 Å². The van der Waals surface area contributed by atoms with Crippen LogP contribution in [0.4, 0.5) is 0 Å². The maximum Gasteiger partial charge on any atom is 0.252 e. The summed E-state index contributed by atoms with van der Waals surface area (Å²) in [7, 11) is 3.05. The fraction of sp³-hybridized carbons (Fsp3) is 0.467. The van der Waals surface area contributed by atoms with Crippen LogP contribution in [-0.4, -0.2) is 38.6 Å². The molecule has 0 radical (unpaired) electrons. The maximum atomic E-state index is 12.3. The van der Waals surface area contributed by atoms with E-state index in [4.69, 9.17) is 9.47 Å². The average molecular weight is 292 g/mol. The summed E-state index contributed by atoms with van der Waals surface area (Å²) < 4.78 is 10.3. The van der Waals surface area contributed by atoms with Gasteiger partial charge >= 0.3 is 0 Å². The average Bonchev–Trinajstić information content (AvgIpc) is 2.71. The molecule has 1 unspecified atom stereocenters. The third-order valence-electron chi connectivity index (χ3n) is 3.49. The Hall–Kier alpha value is -2.24. The molecule has 0 spiro atoms. The first kappa shape index (κ1) is 15.2. The molecule has 1 aromatic carbocycles. The Kier molecular flexibility index (Phi) is 5.03. The molecule has 21 heavy (non-hydrogen) atoms. The summed E-state index contributed by atoms with van der Waals surface area (Å²) in [6.07, 6.45) is 2.51. The SMILES string of the molecule is COc1ccc(C(=O)NC2CCCCNC2=O)cc1OC. The van der Waals surface area contributed by atoms with E-state index in [1.807, 2.05) is 0 Å². The Labute approximate surface area is 123 Å². The second-order valence-electron chi connectivity index (χ2n) is 4.88. The molecule has 0 saturated carbocycles. The number of hydrogen-bond donors (Lipinski definition) is 2. The predicted molar refractivity (Wildman–Crippen MR) is 77.7 cm³/mol. The molecule has 114 valence electrons. The highest BCUT2D eigenvalue weighted by Crippen LogP contribution is 2.27. The normalized spacial score (nSPS) is 18.4. The molecular weight excluding hydrogens is 272 g/mol. The Morgan fingerprint density at radius 2 is 2.00 bits per heavy atom. The molecule has 1 aliphatic rings. The molecule has 1 aliphatic heterocycles. The summed E-state index contributed by atoms with van der Waals surface area (Å²) in [5, 5.41) is 5.56. The molecular formula is C15H20N2O4. The Morgan fingerprint density at radius 3 is 2.71 bits per heavy atom. The Bertz CT molecular complexity index is 530. The molecule has 0 aliphatic carbocycles. The minimum Gasteiger partial charge on any atom is -0.493 e. The van der Waals surface area contributed by atoms with Crippen LogP contribution in [0.1, 0.15) is 29.6 Å². The van der Waals surface area contributed by atoms with Gasteiger partial charge in [0.2, 0.25) is 5.91 Å². The van der Waals surface area contributed by atoms with Crippen molar-refractivity contribution >= 4 is 11.8 Å². The predicted octanol–water partition coefficient (Wildman–Crippen LogP) is 1.10. The molecule has 1 saturated heterocycles. The van der Waals surface area contributed by atoms with Gasteiger partial charge in [-0.1, -0.05) is 0 Å². The van der Waals surface area contributed by atoms with E-state index in [2.05, 4.69) is 10.6 Å². The van der Waals surface area contributed by atoms with Gasteiger partial charge in [-0.05, 0) is 37.5 Å². The highest BCUT2D eigenvalue weighted by atomic mass is 16.5. The molecule has 6 heteroatoms. The van der Waals surface area contributed by atoms with E-state index < -0.39 is 6.04 Å². The van der Waals surface area contributed by atoms with E-state index in [0.29, 0.717) is 30.0 Å². The first-order valence-corrected chi connectivity index (χ1v) is 6.96. The van der Waals surface area contributed by atoms with Gasteiger partial charge in [-0.2, -0.15) is 0 Å². The van der Waals surface area contributed by atoms with Crippen molar-refractivity contribution in [1.82, 2.24) is 10.6 Å². The molecule has 6 nitrogen and oxygen atoms in total. The van der Waals surface area contributed by atoms with Crippen molar-refractivity contribution in [2.45, 2.75) is 25.3 Å². The number of methoxy groups -OCH3 is 2. The summed E-state index contributed by atoms with van der Waals surface area (Å²) in [6.45, 7) is 0.668. The lowest BCUT2D eigenvalue weighted by molar-refractivity contribution is -0.122. The van der Waals surface area contributed by atoms with E-state index in [-0.39, 0.29) is 11.8 Å². The standard InChI is InChI=1S/C15H20N2O4/c1-20-12-7-6-10(9-13(12)21-2)14(18)17-11-5-3-4-8-16-15(11)19/h6-7,9,11H,3-5,8H2,1-2H3,(H,16,19)(H,17,18). The van der Waals surface area contributed by atoms with Gasteiger partial charge in [0.15, 0.2) is 11.5 Å². The summed E-state index contributed by atoms with van der Waals surface area (Å²) in [4.78, 5) is 24.1. The summed E-state index contributed by atoms with van der Waals surface area (Å²) in [5.74, 6) is 0.621. The van der Waals surface area contributed by atoms with E-state index in [0.717, 1.165) is 12.8 Å². The van der Waals surface area contributed by atoms with Crippen LogP contribution in [0.25, 0.3) is 0 Å². The fourth-order valence-corrected chi connectivity index (χ4v) is 2.30. The van der Waals surface area contributed by atoms with Gasteiger partial charge in [0.25, 0.3) is 5.91 Å². The third-order valence-corrected chi connectivity index (χ3v) is 3.49. The molecule has 2 amide bonds. The van der Waals surface area contributed by atoms with Crippen molar-refractivity contribution in [1.29, 1.82) is 0 Å². The van der Waals surface area contributed by atoms with Crippen LogP contribution in [0, 0.1) is 0 Å². The van der Waals surface area contributed by atoms with Crippen molar-refractivity contribution in [3.8, 4) is 11.5 Å². The van der Waals surface area contributed by atoms with Gasteiger partial charge in [0.05, 0.1) is 14.2 Å². The summed E-state index contributed by atoms with van der Waals surface area (Å²) in [5.41, 5.74) is 0.435. The topological polar surface area (TPSA) is 76.7 Å². The minimum atomic E-state index is -0.479. The fourth-order valence-electron chi connectivity index (χ4n) is 2.30. The number of amides is 2. The lowest BCUT2D eigenvalue weighted by Gasteiger charge is -2.16. The Morgan fingerprint density at radius 1 is 1.24 bits per heavy atom. The molecule has 2 rings (SSSR count). The van der Waals surface area contributed by atoms with Crippen molar-refractivity contribution in [3.63, 3.8) is 0 Å². The van der Waals surface area contributed by atoms with E-state index >= 15 is 0 Å². The maximum absolute atomic E-state index is 12.3. The molecule has 0 bridgehead atoms. The largest absolute Gasteiger partial charge is 0.493 e. The van der Waals surface area contributed by atoms with Gasteiger partial charge < -0.3 is 20.1 Å². The molecule has 1 atom stereocenters. The zero-order valence-electron chi connectivity index (χ0n) is 12.3.